The molecule has 0 aliphatic carbocycles. The maximum Gasteiger partial charge on any atom is 0.286 e. The zero-order valence-corrected chi connectivity index (χ0v) is 8.57. The molecule has 0 aliphatic rings. The number of amides is 1. The molecule has 5 heteroatoms. The lowest BCUT2D eigenvalue weighted by Gasteiger charge is -2.09. The van der Waals surface area contributed by atoms with Crippen molar-refractivity contribution in [2.45, 2.75) is 4.90 Å². The standard InChI is InChI=1S/C9H9F2NOS/c1-12(2)9(13)14-8-5-6(10)3-4-7(8)11/h3-5H,1-2H3. The summed E-state index contributed by atoms with van der Waals surface area (Å²) in [5.41, 5.74) is 0. The zero-order chi connectivity index (χ0) is 10.7. The number of thioether (sulfide) groups is 1. The van der Waals surface area contributed by atoms with E-state index >= 15 is 0 Å². The third kappa shape index (κ3) is 2.70. The first kappa shape index (κ1) is 11.0. The molecule has 0 aliphatic heterocycles. The Labute approximate surface area is 84.9 Å². The van der Waals surface area contributed by atoms with E-state index in [9.17, 15) is 13.6 Å². The van der Waals surface area contributed by atoms with Crippen LogP contribution in [0.5, 0.6) is 0 Å². The number of carbonyl (C=O) groups is 1. The molecule has 0 saturated carbocycles. The molecule has 0 radical (unpaired) electrons. The zero-order valence-electron chi connectivity index (χ0n) is 7.75. The Hall–Kier alpha value is -1.10. The fourth-order valence-corrected chi connectivity index (χ4v) is 1.45. The van der Waals surface area contributed by atoms with E-state index in [1.54, 1.807) is 14.1 Å². The van der Waals surface area contributed by atoms with Crippen LogP contribution < -0.4 is 0 Å². The van der Waals surface area contributed by atoms with Crippen LogP contribution in [0.15, 0.2) is 23.1 Å². The number of nitrogens with zero attached hydrogens (tertiary/aromatic N) is 1. The molecule has 0 N–H and O–H groups in total. The van der Waals surface area contributed by atoms with E-state index in [-0.39, 0.29) is 10.1 Å². The van der Waals surface area contributed by atoms with E-state index in [2.05, 4.69) is 0 Å². The molecule has 14 heavy (non-hydrogen) atoms. The molecule has 0 atom stereocenters. The molecule has 1 aromatic carbocycles. The average molecular weight is 217 g/mol. The lowest BCUT2D eigenvalue weighted by molar-refractivity contribution is 0.241. The van der Waals surface area contributed by atoms with E-state index in [4.69, 9.17) is 0 Å². The van der Waals surface area contributed by atoms with Crippen molar-refractivity contribution in [1.82, 2.24) is 4.90 Å². The molecular formula is C9H9F2NOS. The van der Waals surface area contributed by atoms with Gasteiger partial charge in [-0.25, -0.2) is 8.78 Å². The van der Waals surface area contributed by atoms with Crippen LogP contribution in [0.25, 0.3) is 0 Å². The number of hydrogen-bond donors (Lipinski definition) is 0. The average Bonchev–Trinajstić information content (AvgIpc) is 2.11. The highest BCUT2D eigenvalue weighted by Crippen LogP contribution is 2.24. The summed E-state index contributed by atoms with van der Waals surface area (Å²) in [6.07, 6.45) is 0. The van der Waals surface area contributed by atoms with Crippen LogP contribution in [0.2, 0.25) is 0 Å². The van der Waals surface area contributed by atoms with Crippen molar-refractivity contribution in [3.63, 3.8) is 0 Å². The van der Waals surface area contributed by atoms with Gasteiger partial charge in [0, 0.05) is 14.1 Å². The Balaban J connectivity index is 2.86. The quantitative estimate of drug-likeness (QED) is 0.674. The molecule has 0 heterocycles. The summed E-state index contributed by atoms with van der Waals surface area (Å²) in [6.45, 7) is 0. The van der Waals surface area contributed by atoms with Crippen molar-refractivity contribution in [3.05, 3.63) is 29.8 Å². The summed E-state index contributed by atoms with van der Waals surface area (Å²) < 4.78 is 25.7. The molecule has 1 amide bonds. The summed E-state index contributed by atoms with van der Waals surface area (Å²) in [5, 5.41) is -0.338. The van der Waals surface area contributed by atoms with E-state index in [1.807, 2.05) is 0 Å². The number of halogens is 2. The molecule has 0 bridgehead atoms. The summed E-state index contributed by atoms with van der Waals surface area (Å²) in [4.78, 5) is 12.5. The first-order valence-corrected chi connectivity index (χ1v) is 4.66. The minimum Gasteiger partial charge on any atom is -0.339 e. The Morgan fingerprint density at radius 2 is 2.00 bits per heavy atom. The van der Waals surface area contributed by atoms with Gasteiger partial charge in [0.25, 0.3) is 5.24 Å². The Morgan fingerprint density at radius 3 is 2.57 bits per heavy atom. The maximum absolute atomic E-state index is 13.0. The number of benzene rings is 1. The van der Waals surface area contributed by atoms with Crippen LogP contribution in [0.3, 0.4) is 0 Å². The van der Waals surface area contributed by atoms with Gasteiger partial charge >= 0.3 is 0 Å². The molecule has 1 rings (SSSR count). The molecule has 2 nitrogen and oxygen atoms in total. The van der Waals surface area contributed by atoms with Crippen molar-refractivity contribution in [2.24, 2.45) is 0 Å². The molecular weight excluding hydrogens is 208 g/mol. The van der Waals surface area contributed by atoms with Gasteiger partial charge in [0.2, 0.25) is 0 Å². The first-order chi connectivity index (χ1) is 6.50. The van der Waals surface area contributed by atoms with Gasteiger partial charge in [-0.1, -0.05) is 0 Å². The van der Waals surface area contributed by atoms with Crippen molar-refractivity contribution in [2.75, 3.05) is 14.1 Å². The summed E-state index contributed by atoms with van der Waals surface area (Å²) in [6, 6.07) is 3.02. The highest BCUT2D eigenvalue weighted by atomic mass is 32.2. The van der Waals surface area contributed by atoms with Gasteiger partial charge < -0.3 is 4.90 Å². The molecule has 76 valence electrons. The molecule has 0 fully saturated rings. The number of rotatable bonds is 1. The van der Waals surface area contributed by atoms with Crippen LogP contribution in [0.1, 0.15) is 0 Å². The smallest absolute Gasteiger partial charge is 0.286 e. The highest BCUT2D eigenvalue weighted by Gasteiger charge is 2.11. The molecule has 0 spiro atoms. The fourth-order valence-electron chi connectivity index (χ4n) is 0.741. The van der Waals surface area contributed by atoms with Gasteiger partial charge in [-0.2, -0.15) is 0 Å². The van der Waals surface area contributed by atoms with Gasteiger partial charge in [0.15, 0.2) is 0 Å². The van der Waals surface area contributed by atoms with Gasteiger partial charge in [0.05, 0.1) is 4.90 Å². The first-order valence-electron chi connectivity index (χ1n) is 3.85. The minimum absolute atomic E-state index is 0.00343. The number of carbonyl (C=O) groups excluding carboxylic acids is 1. The third-order valence-corrected chi connectivity index (χ3v) is 2.53. The third-order valence-electron chi connectivity index (χ3n) is 1.46. The van der Waals surface area contributed by atoms with Crippen molar-refractivity contribution < 1.29 is 13.6 Å². The predicted molar refractivity (Wildman–Crippen MR) is 51.3 cm³/mol. The largest absolute Gasteiger partial charge is 0.339 e. The van der Waals surface area contributed by atoms with E-state index < -0.39 is 11.6 Å². The van der Waals surface area contributed by atoms with Crippen LogP contribution in [-0.2, 0) is 0 Å². The van der Waals surface area contributed by atoms with Gasteiger partial charge in [-0.3, -0.25) is 4.79 Å². The topological polar surface area (TPSA) is 20.3 Å². The molecule has 0 unspecified atom stereocenters. The Morgan fingerprint density at radius 1 is 1.36 bits per heavy atom. The summed E-state index contributed by atoms with van der Waals surface area (Å²) in [5.74, 6) is -1.15. The van der Waals surface area contributed by atoms with Crippen molar-refractivity contribution in [3.8, 4) is 0 Å². The van der Waals surface area contributed by atoms with E-state index in [1.165, 1.54) is 4.90 Å². The van der Waals surface area contributed by atoms with Crippen molar-refractivity contribution >= 4 is 17.0 Å². The maximum atomic E-state index is 13.0. The monoisotopic (exact) mass is 217 g/mol. The number of hydrogen-bond acceptors (Lipinski definition) is 2. The van der Waals surface area contributed by atoms with Gasteiger partial charge in [-0.05, 0) is 30.0 Å². The molecule has 0 saturated heterocycles. The van der Waals surface area contributed by atoms with E-state index in [0.29, 0.717) is 11.8 Å². The summed E-state index contributed by atoms with van der Waals surface area (Å²) in [7, 11) is 3.10. The SMILES string of the molecule is CN(C)C(=O)Sc1cc(F)ccc1F. The van der Waals surface area contributed by atoms with E-state index in [0.717, 1.165) is 18.2 Å². The second-order valence-electron chi connectivity index (χ2n) is 2.84. The van der Waals surface area contributed by atoms with Gasteiger partial charge in [0.1, 0.15) is 11.6 Å². The Kier molecular flexibility index (Phi) is 3.46. The van der Waals surface area contributed by atoms with Crippen LogP contribution in [0, 0.1) is 11.6 Å². The molecule has 1 aromatic rings. The fraction of sp³-hybridized carbons (Fsp3) is 0.222. The second kappa shape index (κ2) is 4.41. The predicted octanol–water partition coefficient (Wildman–Crippen LogP) is 2.74. The Bertz CT molecular complexity index is 355. The normalized spacial score (nSPS) is 10.0. The van der Waals surface area contributed by atoms with Gasteiger partial charge in [-0.15, -0.1) is 0 Å². The molecule has 0 aromatic heterocycles. The highest BCUT2D eigenvalue weighted by molar-refractivity contribution is 8.13. The van der Waals surface area contributed by atoms with Crippen LogP contribution in [0.4, 0.5) is 13.6 Å². The van der Waals surface area contributed by atoms with Crippen LogP contribution >= 0.6 is 11.8 Å². The minimum atomic E-state index is -0.591. The second-order valence-corrected chi connectivity index (χ2v) is 3.83. The lowest BCUT2D eigenvalue weighted by atomic mass is 10.3. The van der Waals surface area contributed by atoms with Crippen LogP contribution in [-0.4, -0.2) is 24.2 Å². The van der Waals surface area contributed by atoms with Crippen molar-refractivity contribution in [1.29, 1.82) is 0 Å². The summed E-state index contributed by atoms with van der Waals surface area (Å²) >= 11 is 0.664. The lowest BCUT2D eigenvalue weighted by Crippen LogP contribution is -2.16.